The van der Waals surface area contributed by atoms with E-state index < -0.39 is 14.1 Å². The third kappa shape index (κ3) is 4.91. The average Bonchev–Trinajstić information content (AvgIpc) is 2.70. The summed E-state index contributed by atoms with van der Waals surface area (Å²) in [6.07, 6.45) is -0.00931. The van der Waals surface area contributed by atoms with Crippen LogP contribution in [0.15, 0.2) is 54.6 Å². The van der Waals surface area contributed by atoms with Gasteiger partial charge >= 0.3 is 5.97 Å². The molecule has 6 heteroatoms. The van der Waals surface area contributed by atoms with Crippen LogP contribution in [0, 0.1) is 0 Å². The predicted octanol–water partition coefficient (Wildman–Crippen LogP) is 7.11. The molecular formula is C25H31IO4Si. The molecule has 1 atom stereocenters. The summed E-state index contributed by atoms with van der Waals surface area (Å²) < 4.78 is 20.0. The molecule has 166 valence electrons. The normalized spacial score (nSPS) is 18.9. The lowest BCUT2D eigenvalue weighted by Crippen LogP contribution is -2.51. The highest BCUT2D eigenvalue weighted by Gasteiger charge is 2.51. The Kier molecular flexibility index (Phi) is 7.03. The first-order chi connectivity index (χ1) is 14.5. The first-order valence-corrected chi connectivity index (χ1v) is 14.6. The lowest BCUT2D eigenvalue weighted by Gasteiger charge is -2.47. The predicted molar refractivity (Wildman–Crippen MR) is 136 cm³/mol. The molecule has 1 unspecified atom stereocenters. The maximum absolute atomic E-state index is 12.8. The van der Waals surface area contributed by atoms with Crippen LogP contribution < -0.4 is 0 Å². The van der Waals surface area contributed by atoms with E-state index in [-0.39, 0.29) is 17.4 Å². The van der Waals surface area contributed by atoms with Gasteiger partial charge < -0.3 is 13.9 Å². The summed E-state index contributed by atoms with van der Waals surface area (Å²) >= 11 is 2.33. The fourth-order valence-corrected chi connectivity index (χ4v) is 5.63. The molecule has 0 fully saturated rings. The summed E-state index contributed by atoms with van der Waals surface area (Å²) in [4.78, 5) is 12.8. The molecule has 1 heterocycles. The van der Waals surface area contributed by atoms with Crippen LogP contribution in [-0.2, 0) is 24.5 Å². The van der Waals surface area contributed by atoms with E-state index in [4.69, 9.17) is 13.9 Å². The number of hydrogen-bond donors (Lipinski definition) is 0. The van der Waals surface area contributed by atoms with Gasteiger partial charge in [0.25, 0.3) is 0 Å². The Bertz CT molecular complexity index is 979. The second-order valence-electron chi connectivity index (χ2n) is 9.25. The Morgan fingerprint density at radius 2 is 1.68 bits per heavy atom. The molecule has 31 heavy (non-hydrogen) atoms. The maximum Gasteiger partial charge on any atom is 0.312 e. The molecule has 0 bridgehead atoms. The Labute approximate surface area is 200 Å². The minimum Gasteiger partial charge on any atom is -0.466 e. The molecule has 0 saturated carbocycles. The molecule has 2 aromatic carbocycles. The van der Waals surface area contributed by atoms with E-state index in [0.29, 0.717) is 6.61 Å². The highest BCUT2D eigenvalue weighted by Crippen LogP contribution is 2.52. The molecule has 2 aromatic rings. The van der Waals surface area contributed by atoms with E-state index in [1.165, 1.54) is 0 Å². The molecule has 1 aliphatic heterocycles. The van der Waals surface area contributed by atoms with Gasteiger partial charge in [-0.25, -0.2) is 0 Å². The second kappa shape index (κ2) is 9.08. The maximum atomic E-state index is 12.8. The number of hydrogen-bond acceptors (Lipinski definition) is 4. The molecular weight excluding hydrogens is 519 g/mol. The number of rotatable bonds is 6. The molecule has 0 saturated heterocycles. The molecule has 0 radical (unpaired) electrons. The van der Waals surface area contributed by atoms with Crippen molar-refractivity contribution < 1.29 is 18.7 Å². The van der Waals surface area contributed by atoms with Crippen LogP contribution in [0.2, 0.25) is 18.1 Å². The lowest BCUT2D eigenvalue weighted by atomic mass is 9.93. The van der Waals surface area contributed by atoms with Crippen molar-refractivity contribution in [2.75, 3.05) is 6.61 Å². The lowest BCUT2D eigenvalue weighted by molar-refractivity contribution is -0.181. The van der Waals surface area contributed by atoms with E-state index in [9.17, 15) is 4.79 Å². The van der Waals surface area contributed by atoms with E-state index in [0.717, 1.165) is 26.0 Å². The zero-order valence-electron chi connectivity index (χ0n) is 19.1. The number of ether oxygens (including phenoxy) is 2. The van der Waals surface area contributed by atoms with E-state index in [1.807, 2.05) is 55.5 Å². The van der Waals surface area contributed by atoms with Crippen molar-refractivity contribution in [2.45, 2.75) is 58.0 Å². The van der Waals surface area contributed by atoms with E-state index in [2.05, 4.69) is 62.5 Å². The van der Waals surface area contributed by atoms with E-state index in [1.54, 1.807) is 0 Å². The SMILES string of the molecule is CCOC(=O)CC1(O[Si](C)(C)C(C)(C)C)OC(c2ccccc2)=C(I)c2ccccc21. The fraction of sp³-hybridized carbons (Fsp3) is 0.400. The first kappa shape index (κ1) is 24.0. The van der Waals surface area contributed by atoms with Crippen molar-refractivity contribution in [2.24, 2.45) is 0 Å². The van der Waals surface area contributed by atoms with Crippen LogP contribution in [0.3, 0.4) is 0 Å². The van der Waals surface area contributed by atoms with Crippen molar-refractivity contribution in [3.8, 4) is 0 Å². The summed E-state index contributed by atoms with van der Waals surface area (Å²) in [6.45, 7) is 13.0. The fourth-order valence-electron chi connectivity index (χ4n) is 3.38. The number of carbonyl (C=O) groups is 1. The van der Waals surface area contributed by atoms with Gasteiger partial charge in [0.1, 0.15) is 12.2 Å². The Hall–Kier alpha value is -1.64. The zero-order valence-corrected chi connectivity index (χ0v) is 22.3. The molecule has 0 aliphatic carbocycles. The molecule has 0 aromatic heterocycles. The summed E-state index contributed by atoms with van der Waals surface area (Å²) in [7, 11) is -2.33. The van der Waals surface area contributed by atoms with Gasteiger partial charge in [-0.3, -0.25) is 4.79 Å². The van der Waals surface area contributed by atoms with Crippen LogP contribution in [0.5, 0.6) is 0 Å². The van der Waals surface area contributed by atoms with E-state index >= 15 is 0 Å². The van der Waals surface area contributed by atoms with Gasteiger partial charge in [0.05, 0.1) is 10.2 Å². The third-order valence-corrected chi connectivity index (χ3v) is 11.5. The van der Waals surface area contributed by atoms with Gasteiger partial charge in [-0.2, -0.15) is 0 Å². The Morgan fingerprint density at radius 1 is 1.06 bits per heavy atom. The molecule has 1 aliphatic rings. The summed E-state index contributed by atoms with van der Waals surface area (Å²) in [6, 6.07) is 18.0. The highest BCUT2D eigenvalue weighted by molar-refractivity contribution is 14.1. The topological polar surface area (TPSA) is 44.8 Å². The molecule has 0 amide bonds. The molecule has 0 N–H and O–H groups in total. The van der Waals surface area contributed by atoms with Crippen LogP contribution in [-0.4, -0.2) is 20.9 Å². The van der Waals surface area contributed by atoms with Gasteiger partial charge in [-0.15, -0.1) is 0 Å². The van der Waals surface area contributed by atoms with Crippen molar-refractivity contribution in [3.05, 3.63) is 71.3 Å². The quantitative estimate of drug-likeness (QED) is 0.219. The number of fused-ring (bicyclic) bond motifs is 1. The summed E-state index contributed by atoms with van der Waals surface area (Å²) in [5, 5.41) is -0.0613. The van der Waals surface area contributed by atoms with Crippen LogP contribution in [0.1, 0.15) is 50.8 Å². The molecule has 4 nitrogen and oxygen atoms in total. The second-order valence-corrected chi connectivity index (χ2v) is 15.1. The minimum atomic E-state index is -2.33. The molecule has 0 spiro atoms. The molecule has 3 rings (SSSR count). The average molecular weight is 551 g/mol. The first-order valence-electron chi connectivity index (χ1n) is 10.6. The van der Waals surface area contributed by atoms with Crippen LogP contribution >= 0.6 is 22.6 Å². The summed E-state index contributed by atoms with van der Waals surface area (Å²) in [5.41, 5.74) is 2.85. The monoisotopic (exact) mass is 550 g/mol. The number of carbonyl (C=O) groups excluding carboxylic acids is 1. The van der Waals surface area contributed by atoms with Crippen LogP contribution in [0.4, 0.5) is 0 Å². The van der Waals surface area contributed by atoms with Crippen LogP contribution in [0.25, 0.3) is 9.34 Å². The minimum absolute atomic E-state index is 0.00931. The third-order valence-electron chi connectivity index (χ3n) is 5.98. The Morgan fingerprint density at radius 3 is 2.29 bits per heavy atom. The summed E-state index contributed by atoms with van der Waals surface area (Å²) in [5.74, 6) is -0.852. The number of halogens is 1. The van der Waals surface area contributed by atoms with Gasteiger partial charge in [-0.05, 0) is 47.6 Å². The largest absolute Gasteiger partial charge is 0.466 e. The van der Waals surface area contributed by atoms with Gasteiger partial charge in [-0.1, -0.05) is 75.4 Å². The van der Waals surface area contributed by atoms with Crippen molar-refractivity contribution >= 4 is 46.2 Å². The standard InChI is InChI=1S/C25H31IO4Si/c1-7-28-21(27)17-25(30-31(5,6)24(2,3)4)20-16-12-11-15-19(20)22(26)23(29-25)18-13-9-8-10-14-18/h8-16H,7,17H2,1-6H3. The van der Waals surface area contributed by atoms with Gasteiger partial charge in [0, 0.05) is 16.7 Å². The Balaban J connectivity index is 2.23. The van der Waals surface area contributed by atoms with Crippen molar-refractivity contribution in [3.63, 3.8) is 0 Å². The highest BCUT2D eigenvalue weighted by atomic mass is 127. The zero-order chi connectivity index (χ0) is 22.9. The van der Waals surface area contributed by atoms with Gasteiger partial charge in [0.2, 0.25) is 5.79 Å². The smallest absolute Gasteiger partial charge is 0.312 e. The van der Waals surface area contributed by atoms with Gasteiger partial charge in [0.15, 0.2) is 8.32 Å². The number of benzene rings is 2. The number of esters is 1. The van der Waals surface area contributed by atoms with Crippen molar-refractivity contribution in [1.82, 2.24) is 0 Å². The van der Waals surface area contributed by atoms with Crippen molar-refractivity contribution in [1.29, 1.82) is 0 Å².